The molecule has 30 heavy (non-hydrogen) atoms. The lowest BCUT2D eigenvalue weighted by Gasteiger charge is -2.34. The summed E-state index contributed by atoms with van der Waals surface area (Å²) in [6.45, 7) is 1.77. The van der Waals surface area contributed by atoms with Gasteiger partial charge in [0.25, 0.3) is 6.29 Å². The summed E-state index contributed by atoms with van der Waals surface area (Å²) in [6, 6.07) is 5.25. The molecule has 10 heteroatoms. The largest absolute Gasteiger partial charge is 0.458 e. The summed E-state index contributed by atoms with van der Waals surface area (Å²) < 4.78 is 90.2. The molecule has 2 rings (SSSR count). The maximum atomic E-state index is 14.0. The van der Waals surface area contributed by atoms with Crippen LogP contribution in [0.15, 0.2) is 36.7 Å². The number of halogens is 6. The number of nitrogens with zero attached hydrogens (tertiary/aromatic N) is 2. The summed E-state index contributed by atoms with van der Waals surface area (Å²) in [5, 5.41) is 0. The van der Waals surface area contributed by atoms with Gasteiger partial charge in [0.1, 0.15) is 5.75 Å². The first-order valence-corrected chi connectivity index (χ1v) is 9.18. The van der Waals surface area contributed by atoms with E-state index in [1.807, 2.05) is 0 Å². The summed E-state index contributed by atoms with van der Waals surface area (Å²) in [4.78, 5) is 8.46. The van der Waals surface area contributed by atoms with Gasteiger partial charge in [-0.05, 0) is 42.7 Å². The van der Waals surface area contributed by atoms with Crippen molar-refractivity contribution in [3.63, 3.8) is 0 Å². The zero-order valence-electron chi connectivity index (χ0n) is 16.6. The van der Waals surface area contributed by atoms with Crippen LogP contribution in [0.4, 0.5) is 26.3 Å². The minimum absolute atomic E-state index is 0.278. The Bertz CT molecular complexity index is 808. The van der Waals surface area contributed by atoms with Crippen LogP contribution in [-0.2, 0) is 11.2 Å². The Morgan fingerprint density at radius 1 is 0.967 bits per heavy atom. The molecule has 0 aliphatic heterocycles. The van der Waals surface area contributed by atoms with Gasteiger partial charge in [-0.25, -0.2) is 9.97 Å². The number of unbranched alkanes of at least 4 members (excludes halogenated alkanes) is 1. The van der Waals surface area contributed by atoms with Crippen molar-refractivity contribution in [1.82, 2.24) is 9.97 Å². The summed E-state index contributed by atoms with van der Waals surface area (Å²) in [5.41, 5.74) is 1.50. The van der Waals surface area contributed by atoms with Gasteiger partial charge in [-0.15, -0.1) is 0 Å². The molecule has 0 fully saturated rings. The zero-order valence-corrected chi connectivity index (χ0v) is 16.6. The van der Waals surface area contributed by atoms with Crippen LogP contribution in [0.2, 0.25) is 0 Å². The minimum Gasteiger partial charge on any atom is -0.458 e. The number of methoxy groups -OCH3 is 1. The molecule has 1 aromatic carbocycles. The second-order valence-electron chi connectivity index (χ2n) is 6.81. The molecule has 4 nitrogen and oxygen atoms in total. The van der Waals surface area contributed by atoms with Gasteiger partial charge in [-0.3, -0.25) is 0 Å². The molecule has 0 N–H and O–H groups in total. The fourth-order valence-corrected chi connectivity index (χ4v) is 2.53. The van der Waals surface area contributed by atoms with Gasteiger partial charge in [-0.2, -0.15) is 26.3 Å². The first-order valence-electron chi connectivity index (χ1n) is 9.18. The molecule has 0 radical (unpaired) electrons. The molecule has 0 aliphatic carbocycles. The number of hydrogen-bond acceptors (Lipinski definition) is 4. The fourth-order valence-electron chi connectivity index (χ4n) is 2.53. The molecule has 1 atom stereocenters. The molecular weight excluding hydrogens is 414 g/mol. The highest BCUT2D eigenvalue weighted by molar-refractivity contribution is 5.55. The third kappa shape index (κ3) is 5.03. The van der Waals surface area contributed by atoms with E-state index in [9.17, 15) is 26.3 Å². The molecule has 0 spiro atoms. The van der Waals surface area contributed by atoms with E-state index in [2.05, 4.69) is 21.6 Å². The van der Waals surface area contributed by atoms with Crippen LogP contribution in [0.3, 0.4) is 0 Å². The summed E-state index contributed by atoms with van der Waals surface area (Å²) in [6.07, 6.45) is 3.31. The van der Waals surface area contributed by atoms with Gasteiger partial charge >= 0.3 is 17.8 Å². The number of aryl methyl sites for hydroxylation is 1. The molecular formula is C20H22F6N2O2. The fraction of sp³-hybridized carbons (Fsp3) is 0.500. The smallest absolute Gasteiger partial charge is 0.378 e. The molecule has 0 saturated carbocycles. The van der Waals surface area contributed by atoms with Crippen molar-refractivity contribution in [2.45, 2.75) is 57.2 Å². The molecule has 0 aliphatic rings. The molecule has 1 heterocycles. The third-order valence-corrected chi connectivity index (χ3v) is 4.36. The number of aromatic nitrogens is 2. The molecule has 2 aromatic rings. The van der Waals surface area contributed by atoms with Gasteiger partial charge in [0.15, 0.2) is 5.82 Å². The SMILES string of the molecule is CCCCc1cnc(-c2ccc(OC(OC)C(F)(F)C(F)(F)C(C)(F)F)cc2)nc1. The van der Waals surface area contributed by atoms with Gasteiger partial charge in [0.05, 0.1) is 0 Å². The van der Waals surface area contributed by atoms with E-state index < -0.39 is 24.1 Å². The summed E-state index contributed by atoms with van der Waals surface area (Å²) in [7, 11) is 0.658. The Morgan fingerprint density at radius 2 is 1.53 bits per heavy atom. The van der Waals surface area contributed by atoms with Crippen LogP contribution in [0.5, 0.6) is 5.75 Å². The van der Waals surface area contributed by atoms with Gasteiger partial charge < -0.3 is 9.47 Å². The molecule has 0 bridgehead atoms. The number of alkyl halides is 6. The van der Waals surface area contributed by atoms with Crippen molar-refractivity contribution in [2.24, 2.45) is 0 Å². The highest BCUT2D eigenvalue weighted by Gasteiger charge is 2.73. The van der Waals surface area contributed by atoms with E-state index in [4.69, 9.17) is 4.74 Å². The van der Waals surface area contributed by atoms with Crippen molar-refractivity contribution in [2.75, 3.05) is 7.11 Å². The third-order valence-electron chi connectivity index (χ3n) is 4.36. The van der Waals surface area contributed by atoms with Crippen molar-refractivity contribution in [3.05, 3.63) is 42.2 Å². The molecule has 1 aromatic heterocycles. The average Bonchev–Trinajstić information content (AvgIpc) is 2.70. The first kappa shape index (κ1) is 23.9. The lowest BCUT2D eigenvalue weighted by molar-refractivity contribution is -0.354. The van der Waals surface area contributed by atoms with E-state index in [0.29, 0.717) is 18.5 Å². The Hall–Kier alpha value is -2.36. The van der Waals surface area contributed by atoms with Crippen LogP contribution in [0, 0.1) is 0 Å². The number of hydrogen-bond donors (Lipinski definition) is 0. The molecule has 1 unspecified atom stereocenters. The maximum Gasteiger partial charge on any atom is 0.378 e. The topological polar surface area (TPSA) is 44.2 Å². The van der Waals surface area contributed by atoms with E-state index in [1.165, 1.54) is 24.3 Å². The van der Waals surface area contributed by atoms with Crippen LogP contribution >= 0.6 is 0 Å². The Morgan fingerprint density at radius 3 is 2.00 bits per heavy atom. The summed E-state index contributed by atoms with van der Waals surface area (Å²) >= 11 is 0. The molecule has 0 saturated heterocycles. The summed E-state index contributed by atoms with van der Waals surface area (Å²) in [5.74, 6) is -15.9. The standard InChI is InChI=1S/C20H22F6N2O2/c1-4-5-6-13-11-27-16(28-12-13)14-7-9-15(10-8-14)30-17(29-3)19(23,24)20(25,26)18(2,21)22/h7-12,17H,4-6H2,1-3H3. The van der Waals surface area contributed by atoms with Crippen LogP contribution < -0.4 is 4.74 Å². The minimum atomic E-state index is -5.69. The van der Waals surface area contributed by atoms with E-state index in [0.717, 1.165) is 24.8 Å². The lowest BCUT2D eigenvalue weighted by atomic mass is 10.1. The van der Waals surface area contributed by atoms with Crippen LogP contribution in [0.25, 0.3) is 11.4 Å². The predicted octanol–water partition coefficient (Wildman–Crippen LogP) is 5.76. The zero-order chi connectivity index (χ0) is 22.6. The Balaban J connectivity index is 2.15. The number of ether oxygens (including phenoxy) is 2. The maximum absolute atomic E-state index is 14.0. The quantitative estimate of drug-likeness (QED) is 0.351. The molecule has 0 amide bonds. The monoisotopic (exact) mass is 436 g/mol. The number of rotatable bonds is 10. The second kappa shape index (κ2) is 9.20. The lowest BCUT2D eigenvalue weighted by Crippen LogP contribution is -2.60. The van der Waals surface area contributed by atoms with E-state index in [-0.39, 0.29) is 12.7 Å². The highest BCUT2D eigenvalue weighted by Crippen LogP contribution is 2.48. The number of benzene rings is 1. The Kier molecular flexibility index (Phi) is 7.33. The van der Waals surface area contributed by atoms with E-state index in [1.54, 1.807) is 12.4 Å². The molecule has 166 valence electrons. The van der Waals surface area contributed by atoms with Gasteiger partial charge in [0, 0.05) is 32.0 Å². The second-order valence-corrected chi connectivity index (χ2v) is 6.81. The van der Waals surface area contributed by atoms with Crippen molar-refractivity contribution in [1.29, 1.82) is 0 Å². The van der Waals surface area contributed by atoms with E-state index >= 15 is 0 Å². The average molecular weight is 436 g/mol. The first-order chi connectivity index (χ1) is 13.9. The van der Waals surface area contributed by atoms with Crippen LogP contribution in [-0.4, -0.2) is 41.1 Å². The van der Waals surface area contributed by atoms with Crippen molar-refractivity contribution in [3.8, 4) is 17.1 Å². The van der Waals surface area contributed by atoms with Gasteiger partial charge in [-0.1, -0.05) is 13.3 Å². The van der Waals surface area contributed by atoms with Crippen molar-refractivity contribution >= 4 is 0 Å². The predicted molar refractivity (Wildman–Crippen MR) is 98.0 cm³/mol. The highest BCUT2D eigenvalue weighted by atomic mass is 19.3. The normalized spacial score (nSPS) is 13.9. The van der Waals surface area contributed by atoms with Gasteiger partial charge in [0.2, 0.25) is 0 Å². The Labute approximate surface area is 170 Å². The van der Waals surface area contributed by atoms with Crippen LogP contribution in [0.1, 0.15) is 32.3 Å². The van der Waals surface area contributed by atoms with Crippen molar-refractivity contribution < 1.29 is 35.8 Å².